The van der Waals surface area contributed by atoms with Crippen LogP contribution in [0, 0.1) is 5.82 Å². The normalized spacial score (nSPS) is 20.8. The van der Waals surface area contributed by atoms with E-state index >= 15 is 0 Å². The Balaban J connectivity index is 1.74. The number of ether oxygens (including phenoxy) is 2. The van der Waals surface area contributed by atoms with E-state index < -0.39 is 12.5 Å². The molecule has 1 aromatic carbocycles. The summed E-state index contributed by atoms with van der Waals surface area (Å²) >= 11 is 0. The minimum atomic E-state index is -0.727. The quantitative estimate of drug-likeness (QED) is 0.779. The molecule has 4 rings (SSSR count). The number of nitrogens with zero attached hydrogens (tertiary/aromatic N) is 3. The summed E-state index contributed by atoms with van der Waals surface area (Å²) in [6.07, 6.45) is 1.85. The lowest BCUT2D eigenvalue weighted by Crippen LogP contribution is -2.30. The van der Waals surface area contributed by atoms with Gasteiger partial charge in [0.25, 0.3) is 0 Å². The van der Waals surface area contributed by atoms with Crippen LogP contribution in [0.15, 0.2) is 47.5 Å². The van der Waals surface area contributed by atoms with Crippen LogP contribution in [-0.4, -0.2) is 38.6 Å². The lowest BCUT2D eigenvalue weighted by Gasteiger charge is -2.12. The van der Waals surface area contributed by atoms with E-state index in [2.05, 4.69) is 4.98 Å². The van der Waals surface area contributed by atoms with Gasteiger partial charge in [-0.1, -0.05) is 0 Å². The summed E-state index contributed by atoms with van der Waals surface area (Å²) in [5, 5.41) is 9.04. The molecule has 3 heterocycles. The van der Waals surface area contributed by atoms with Gasteiger partial charge in [0.15, 0.2) is 12.5 Å². The van der Waals surface area contributed by atoms with Gasteiger partial charge in [-0.25, -0.2) is 14.2 Å². The summed E-state index contributed by atoms with van der Waals surface area (Å²) in [6.45, 7) is -0.0938. The summed E-state index contributed by atoms with van der Waals surface area (Å²) in [5.41, 5.74) is 1.43. The molecular weight excluding hydrogens is 317 g/mol. The van der Waals surface area contributed by atoms with Gasteiger partial charge in [0, 0.05) is 18.0 Å². The standard InChI is InChI=1S/C16H14FN3O4/c17-11-3-1-10(2-4-11)12-7-20-13(18-12)5-6-19(16(20)22)14-9-23-15(8-21)24-14/h1-7,14-15,21H,8-9H2/t14-,15-/m1/s1. The SMILES string of the molecule is O=c1n([C@H]2CO[C@@H](CO)O2)ccc2nc(-c3ccc(F)cc3)cn12. The lowest BCUT2D eigenvalue weighted by molar-refractivity contribution is -0.0993. The molecule has 2 atom stereocenters. The second-order valence-corrected chi connectivity index (χ2v) is 5.40. The molecule has 1 N–H and O–H groups in total. The summed E-state index contributed by atoms with van der Waals surface area (Å²) in [5.74, 6) is -0.332. The third kappa shape index (κ3) is 2.50. The number of hydrogen-bond donors (Lipinski definition) is 1. The number of imidazole rings is 1. The molecule has 0 unspecified atom stereocenters. The lowest BCUT2D eigenvalue weighted by atomic mass is 10.2. The van der Waals surface area contributed by atoms with Crippen LogP contribution in [0.3, 0.4) is 0 Å². The second kappa shape index (κ2) is 5.82. The van der Waals surface area contributed by atoms with Crippen molar-refractivity contribution in [2.75, 3.05) is 13.2 Å². The van der Waals surface area contributed by atoms with Crippen molar-refractivity contribution in [3.63, 3.8) is 0 Å². The highest BCUT2D eigenvalue weighted by molar-refractivity contribution is 5.62. The molecule has 0 saturated carbocycles. The minimum Gasteiger partial charge on any atom is -0.391 e. The largest absolute Gasteiger partial charge is 0.391 e. The van der Waals surface area contributed by atoms with Crippen molar-refractivity contribution in [3.05, 3.63) is 59.0 Å². The third-order valence-corrected chi connectivity index (χ3v) is 3.88. The smallest absolute Gasteiger partial charge is 0.336 e. The molecule has 3 aromatic rings. The van der Waals surface area contributed by atoms with Gasteiger partial charge in [0.1, 0.15) is 11.5 Å². The number of hydrogen-bond acceptors (Lipinski definition) is 5. The Morgan fingerprint density at radius 2 is 2.08 bits per heavy atom. The van der Waals surface area contributed by atoms with Crippen LogP contribution >= 0.6 is 0 Å². The molecule has 124 valence electrons. The molecule has 7 nitrogen and oxygen atoms in total. The maximum Gasteiger partial charge on any atom is 0.336 e. The fraction of sp³-hybridized carbons (Fsp3) is 0.250. The summed E-state index contributed by atoms with van der Waals surface area (Å²) < 4.78 is 26.5. The van der Waals surface area contributed by atoms with Crippen LogP contribution in [0.1, 0.15) is 6.23 Å². The first kappa shape index (κ1) is 15.0. The molecule has 0 aliphatic carbocycles. The van der Waals surface area contributed by atoms with Crippen LogP contribution in [0.4, 0.5) is 4.39 Å². The molecule has 1 saturated heterocycles. The molecule has 0 amide bonds. The Labute approximate surface area is 135 Å². The molecule has 8 heteroatoms. The zero-order valence-corrected chi connectivity index (χ0v) is 12.5. The molecule has 0 bridgehead atoms. The Hall–Kier alpha value is -2.55. The minimum absolute atomic E-state index is 0.177. The van der Waals surface area contributed by atoms with E-state index in [9.17, 15) is 9.18 Å². The molecule has 0 radical (unpaired) electrons. The van der Waals surface area contributed by atoms with Gasteiger partial charge in [-0.05, 0) is 30.3 Å². The highest BCUT2D eigenvalue weighted by Gasteiger charge is 2.27. The van der Waals surface area contributed by atoms with Crippen molar-refractivity contribution in [2.24, 2.45) is 0 Å². The Morgan fingerprint density at radius 1 is 1.29 bits per heavy atom. The number of benzene rings is 1. The van der Waals surface area contributed by atoms with E-state index in [1.54, 1.807) is 30.6 Å². The molecule has 1 aliphatic rings. The maximum atomic E-state index is 13.0. The average Bonchev–Trinajstić information content (AvgIpc) is 3.23. The first-order valence-corrected chi connectivity index (χ1v) is 7.40. The van der Waals surface area contributed by atoms with Crippen molar-refractivity contribution in [3.8, 4) is 11.3 Å². The predicted octanol–water partition coefficient (Wildman–Crippen LogP) is 1.17. The molecular formula is C16H14FN3O4. The monoisotopic (exact) mass is 331 g/mol. The van der Waals surface area contributed by atoms with Gasteiger partial charge >= 0.3 is 5.69 Å². The van der Waals surface area contributed by atoms with Crippen molar-refractivity contribution < 1.29 is 19.0 Å². The first-order chi connectivity index (χ1) is 11.7. The Morgan fingerprint density at radius 3 is 2.79 bits per heavy atom. The van der Waals surface area contributed by atoms with Gasteiger partial charge in [-0.15, -0.1) is 0 Å². The molecule has 0 spiro atoms. The van der Waals surface area contributed by atoms with E-state index in [4.69, 9.17) is 14.6 Å². The van der Waals surface area contributed by atoms with Gasteiger partial charge in [-0.2, -0.15) is 0 Å². The Kier molecular flexibility index (Phi) is 3.64. The number of aliphatic hydroxyl groups excluding tert-OH is 1. The zero-order valence-electron chi connectivity index (χ0n) is 12.5. The second-order valence-electron chi connectivity index (χ2n) is 5.40. The summed E-state index contributed by atoms with van der Waals surface area (Å²) in [7, 11) is 0. The summed E-state index contributed by atoms with van der Waals surface area (Å²) in [4.78, 5) is 17.0. The van der Waals surface area contributed by atoms with E-state index in [1.165, 1.54) is 21.1 Å². The topological polar surface area (TPSA) is 78.0 Å². The van der Waals surface area contributed by atoms with Gasteiger partial charge < -0.3 is 14.6 Å². The fourth-order valence-electron chi connectivity index (χ4n) is 2.66. The van der Waals surface area contributed by atoms with E-state index in [-0.39, 0.29) is 24.7 Å². The number of rotatable bonds is 3. The number of aromatic nitrogens is 3. The molecule has 24 heavy (non-hydrogen) atoms. The van der Waals surface area contributed by atoms with Crippen molar-refractivity contribution in [1.29, 1.82) is 0 Å². The van der Waals surface area contributed by atoms with Gasteiger partial charge in [-0.3, -0.25) is 8.97 Å². The summed E-state index contributed by atoms with van der Waals surface area (Å²) in [6, 6.07) is 7.58. The molecule has 2 aromatic heterocycles. The highest BCUT2D eigenvalue weighted by atomic mass is 19.1. The molecule has 1 fully saturated rings. The number of fused-ring (bicyclic) bond motifs is 1. The van der Waals surface area contributed by atoms with Gasteiger partial charge in [0.2, 0.25) is 0 Å². The van der Waals surface area contributed by atoms with Crippen LogP contribution in [0.2, 0.25) is 0 Å². The van der Waals surface area contributed by atoms with Crippen LogP contribution in [0.5, 0.6) is 0 Å². The van der Waals surface area contributed by atoms with E-state index in [0.717, 1.165) is 0 Å². The third-order valence-electron chi connectivity index (χ3n) is 3.88. The van der Waals surface area contributed by atoms with Crippen molar-refractivity contribution >= 4 is 5.65 Å². The van der Waals surface area contributed by atoms with Crippen molar-refractivity contribution in [2.45, 2.75) is 12.5 Å². The predicted molar refractivity (Wildman–Crippen MR) is 81.8 cm³/mol. The maximum absolute atomic E-state index is 13.0. The van der Waals surface area contributed by atoms with Crippen molar-refractivity contribution in [1.82, 2.24) is 14.0 Å². The fourth-order valence-corrected chi connectivity index (χ4v) is 2.66. The number of aliphatic hydroxyl groups is 1. The highest BCUT2D eigenvalue weighted by Crippen LogP contribution is 2.21. The first-order valence-electron chi connectivity index (χ1n) is 7.40. The Bertz CT molecular complexity index is 935. The molecule has 1 aliphatic heterocycles. The van der Waals surface area contributed by atoms with E-state index in [1.807, 2.05) is 0 Å². The zero-order chi connectivity index (χ0) is 16.7. The van der Waals surface area contributed by atoms with Crippen LogP contribution in [0.25, 0.3) is 16.9 Å². The van der Waals surface area contributed by atoms with Crippen LogP contribution in [-0.2, 0) is 9.47 Å². The van der Waals surface area contributed by atoms with E-state index in [0.29, 0.717) is 16.9 Å². The van der Waals surface area contributed by atoms with Crippen LogP contribution < -0.4 is 5.69 Å². The van der Waals surface area contributed by atoms with Gasteiger partial charge in [0.05, 0.1) is 18.9 Å². The number of halogens is 1. The average molecular weight is 331 g/mol.